The molecule has 1 nitrogen and oxygen atoms in total. The van der Waals surface area contributed by atoms with E-state index in [1.54, 1.807) is 24.3 Å². The van der Waals surface area contributed by atoms with E-state index in [0.29, 0.717) is 0 Å². The first-order valence-electron chi connectivity index (χ1n) is 2.11. The molecule has 0 aliphatic rings. The Morgan fingerprint density at radius 3 is 1.78 bits per heavy atom. The molecule has 9 heavy (non-hydrogen) atoms. The van der Waals surface area contributed by atoms with Crippen molar-refractivity contribution < 1.29 is 65.4 Å². The Kier molecular flexibility index (Phi) is 10.5. The molecule has 0 aliphatic heterocycles. The molecule has 0 saturated carbocycles. The summed E-state index contributed by atoms with van der Waals surface area (Å²) in [6.07, 6.45) is 0. The van der Waals surface area contributed by atoms with E-state index in [-0.39, 0.29) is 65.4 Å². The van der Waals surface area contributed by atoms with E-state index < -0.39 is 0 Å². The Morgan fingerprint density at radius 1 is 1.11 bits per heavy atom. The van der Waals surface area contributed by atoms with Gasteiger partial charge in [0.15, 0.2) is 0 Å². The fourth-order valence-electron chi connectivity index (χ4n) is 0.400. The van der Waals surface area contributed by atoms with Crippen LogP contribution in [-0.4, -0.2) is 0 Å². The van der Waals surface area contributed by atoms with Crippen molar-refractivity contribution in [3.63, 3.8) is 0 Å². The van der Waals surface area contributed by atoms with Crippen molar-refractivity contribution in [1.82, 2.24) is 0 Å². The smallest absolute Gasteiger partial charge is 0 e. The molecule has 0 spiro atoms. The summed E-state index contributed by atoms with van der Waals surface area (Å²) >= 11 is 0. The van der Waals surface area contributed by atoms with Crippen molar-refractivity contribution in [2.24, 2.45) is 0 Å². The topological polar surface area (TPSA) is 26.0 Å². The summed E-state index contributed by atoms with van der Waals surface area (Å²) in [7, 11) is 0. The van der Waals surface area contributed by atoms with Gasteiger partial charge in [0.1, 0.15) is 0 Å². The van der Waals surface area contributed by atoms with Crippen LogP contribution in [0.3, 0.4) is 0 Å². The number of hydrogen-bond acceptors (Lipinski definition) is 1. The molecule has 0 fully saturated rings. The second-order valence-electron chi connectivity index (χ2n) is 1.33. The minimum Gasteiger partial charge on any atom is -0.419 e. The second-order valence-corrected chi connectivity index (χ2v) is 1.33. The summed E-state index contributed by atoms with van der Waals surface area (Å²) in [6.45, 7) is 0. The molecule has 0 atom stereocenters. The fraction of sp³-hybridized carbons (Fsp3) is 0. The van der Waals surface area contributed by atoms with Gasteiger partial charge in [-0.2, -0.15) is 18.2 Å². The van der Waals surface area contributed by atoms with Crippen molar-refractivity contribution in [2.45, 2.75) is 0 Å². The van der Waals surface area contributed by atoms with Crippen LogP contribution in [0.4, 0.5) is 5.69 Å². The largest absolute Gasteiger partial charge is 0.419 e. The van der Waals surface area contributed by atoms with Crippen molar-refractivity contribution >= 4 is 5.69 Å². The van der Waals surface area contributed by atoms with Crippen LogP contribution >= 0.6 is 0 Å². The van der Waals surface area contributed by atoms with Crippen molar-refractivity contribution in [2.75, 3.05) is 5.73 Å². The maximum Gasteiger partial charge on any atom is 0 e. The molecule has 2 radical (unpaired) electrons. The van der Waals surface area contributed by atoms with Gasteiger partial charge in [-0.25, -0.2) is 0 Å². The van der Waals surface area contributed by atoms with Crippen LogP contribution in [-0.2, 0) is 65.4 Å². The van der Waals surface area contributed by atoms with Crippen molar-refractivity contribution in [3.8, 4) is 0 Å². The Labute approximate surface area is 106 Å². The predicted molar refractivity (Wildman–Crippen MR) is 29.7 cm³/mol. The van der Waals surface area contributed by atoms with Crippen molar-refractivity contribution in [1.29, 1.82) is 0 Å². The number of nitrogens with two attached hydrogens (primary N) is 1. The average molecular weight is 270 g/mol. The van der Waals surface area contributed by atoms with Crippen LogP contribution in [0.5, 0.6) is 0 Å². The molecular formula is C6H6NY2-. The van der Waals surface area contributed by atoms with Crippen LogP contribution < -0.4 is 5.73 Å². The second kappa shape index (κ2) is 7.34. The SMILES string of the molecule is Nc1cc[c-]cc1.[Y].[Y]. The Hall–Kier alpha value is 1.23. The third kappa shape index (κ3) is 5.66. The molecule has 3 heteroatoms. The third-order valence-electron chi connectivity index (χ3n) is 0.744. The number of rotatable bonds is 0. The van der Waals surface area contributed by atoms with Gasteiger partial charge in [0.25, 0.3) is 0 Å². The molecule has 1 rings (SSSR count). The van der Waals surface area contributed by atoms with E-state index in [2.05, 4.69) is 6.07 Å². The standard InChI is InChI=1S/C6H6N.2Y/c7-6-4-2-1-3-5-6;;/h2-5H,7H2;;/q-1;;. The molecule has 0 heterocycles. The number of benzene rings is 1. The normalized spacial score (nSPS) is 6.67. The van der Waals surface area contributed by atoms with Crippen LogP contribution in [0.1, 0.15) is 0 Å². The summed E-state index contributed by atoms with van der Waals surface area (Å²) in [5.74, 6) is 0. The minimum absolute atomic E-state index is 0. The number of anilines is 1. The first-order chi connectivity index (χ1) is 3.39. The summed E-state index contributed by atoms with van der Waals surface area (Å²) in [5.41, 5.74) is 6.13. The summed E-state index contributed by atoms with van der Waals surface area (Å²) in [4.78, 5) is 0. The quantitative estimate of drug-likeness (QED) is 0.553. The Balaban J connectivity index is 0. The molecule has 0 unspecified atom stereocenters. The third-order valence-corrected chi connectivity index (χ3v) is 0.744. The first-order valence-corrected chi connectivity index (χ1v) is 2.11. The molecule has 0 amide bonds. The Bertz CT molecular complexity index is 141. The summed E-state index contributed by atoms with van der Waals surface area (Å²) in [6, 6.07) is 10.0. The zero-order valence-electron chi connectivity index (χ0n) is 5.04. The van der Waals surface area contributed by atoms with Gasteiger partial charge in [0.2, 0.25) is 0 Å². The van der Waals surface area contributed by atoms with Crippen molar-refractivity contribution in [3.05, 3.63) is 30.3 Å². The maximum absolute atomic E-state index is 5.34. The van der Waals surface area contributed by atoms with E-state index in [1.165, 1.54) is 0 Å². The fourth-order valence-corrected chi connectivity index (χ4v) is 0.400. The molecule has 0 aliphatic carbocycles. The number of hydrogen-bond donors (Lipinski definition) is 1. The summed E-state index contributed by atoms with van der Waals surface area (Å²) in [5, 5.41) is 0. The summed E-state index contributed by atoms with van der Waals surface area (Å²) < 4.78 is 0. The van der Waals surface area contributed by atoms with Gasteiger partial charge in [0, 0.05) is 65.4 Å². The van der Waals surface area contributed by atoms with E-state index in [4.69, 9.17) is 5.73 Å². The van der Waals surface area contributed by atoms with Crippen LogP contribution in [0.25, 0.3) is 0 Å². The molecule has 42 valence electrons. The van der Waals surface area contributed by atoms with E-state index >= 15 is 0 Å². The molecule has 1 aromatic carbocycles. The monoisotopic (exact) mass is 270 g/mol. The van der Waals surface area contributed by atoms with Crippen LogP contribution in [0, 0.1) is 6.07 Å². The van der Waals surface area contributed by atoms with Gasteiger partial charge < -0.3 is 5.73 Å². The van der Waals surface area contributed by atoms with Gasteiger partial charge in [-0.3, -0.25) is 0 Å². The van der Waals surface area contributed by atoms with Crippen LogP contribution in [0.2, 0.25) is 0 Å². The molecule has 0 bridgehead atoms. The average Bonchev–Trinajstić information content (AvgIpc) is 1.69. The van der Waals surface area contributed by atoms with Gasteiger partial charge >= 0.3 is 0 Å². The van der Waals surface area contributed by atoms with Gasteiger partial charge in [-0.05, 0) is 0 Å². The molecule has 2 N–H and O–H groups in total. The number of nitrogen functional groups attached to an aromatic ring is 1. The molecule has 0 aromatic heterocycles. The predicted octanol–water partition coefficient (Wildman–Crippen LogP) is 1.06. The first kappa shape index (κ1) is 12.9. The van der Waals surface area contributed by atoms with E-state index in [0.717, 1.165) is 5.69 Å². The molecule has 1 aromatic rings. The minimum atomic E-state index is 0. The van der Waals surface area contributed by atoms with E-state index in [9.17, 15) is 0 Å². The van der Waals surface area contributed by atoms with Gasteiger partial charge in [-0.1, -0.05) is 5.69 Å². The van der Waals surface area contributed by atoms with Crippen LogP contribution in [0.15, 0.2) is 24.3 Å². The maximum atomic E-state index is 5.34. The Morgan fingerprint density at radius 2 is 1.56 bits per heavy atom. The molecular weight excluding hydrogens is 264 g/mol. The zero-order chi connectivity index (χ0) is 5.11. The van der Waals surface area contributed by atoms with E-state index in [1.807, 2.05) is 0 Å². The van der Waals surface area contributed by atoms with Gasteiger partial charge in [0.05, 0.1) is 0 Å². The van der Waals surface area contributed by atoms with Gasteiger partial charge in [-0.15, -0.1) is 12.1 Å². The zero-order valence-corrected chi connectivity index (χ0v) is 10.7. The molecule has 0 saturated heterocycles.